The molecule has 1 saturated heterocycles. The molecule has 0 radical (unpaired) electrons. The van der Waals surface area contributed by atoms with Crippen LogP contribution in [0.4, 0.5) is 15.8 Å². The van der Waals surface area contributed by atoms with Crippen molar-refractivity contribution in [1.29, 1.82) is 0 Å². The van der Waals surface area contributed by atoms with E-state index in [0.29, 0.717) is 53.5 Å². The number of H-pyrrole nitrogens is 1. The maximum absolute atomic E-state index is 14.4. The van der Waals surface area contributed by atoms with Gasteiger partial charge in [-0.25, -0.2) is 4.39 Å². The van der Waals surface area contributed by atoms with Crippen molar-refractivity contribution in [2.75, 3.05) is 25.5 Å². The molecule has 1 aromatic carbocycles. The van der Waals surface area contributed by atoms with E-state index in [4.69, 9.17) is 9.47 Å². The minimum Gasteiger partial charge on any atom is -0.492 e. The van der Waals surface area contributed by atoms with Crippen LogP contribution in [0.3, 0.4) is 0 Å². The third-order valence-electron chi connectivity index (χ3n) is 6.83. The number of fused-ring (bicyclic) bond motifs is 1. The highest BCUT2D eigenvalue weighted by Gasteiger charge is 2.37. The van der Waals surface area contributed by atoms with Crippen molar-refractivity contribution in [2.24, 2.45) is 0 Å². The average molecular weight is 506 g/mol. The van der Waals surface area contributed by atoms with Gasteiger partial charge in [0.25, 0.3) is 5.91 Å². The molecule has 9 nitrogen and oxygen atoms in total. The Kier molecular flexibility index (Phi) is 6.56. The summed E-state index contributed by atoms with van der Waals surface area (Å²) in [4.78, 5) is 34.4. The number of rotatable bonds is 8. The van der Waals surface area contributed by atoms with Crippen molar-refractivity contribution >= 4 is 23.2 Å². The highest BCUT2D eigenvalue weighted by molar-refractivity contribution is 6.06. The van der Waals surface area contributed by atoms with Crippen LogP contribution in [-0.2, 0) is 11.2 Å². The predicted molar refractivity (Wildman–Crippen MR) is 137 cm³/mol. The second-order valence-corrected chi connectivity index (χ2v) is 8.97. The fraction of sp³-hybridized carbons (Fsp3) is 0.296. The smallest absolute Gasteiger partial charge is 0.255 e. The highest BCUT2D eigenvalue weighted by Crippen LogP contribution is 2.42. The zero-order chi connectivity index (χ0) is 26.1. The second kappa shape index (κ2) is 9.96. The van der Waals surface area contributed by atoms with Crippen molar-refractivity contribution in [3.63, 3.8) is 0 Å². The summed E-state index contributed by atoms with van der Waals surface area (Å²) in [6.07, 6.45) is 5.66. The number of ether oxygens (including phenoxy) is 2. The molecule has 2 aliphatic rings. The minimum absolute atomic E-state index is 0.0383. The first-order chi connectivity index (χ1) is 17.9. The summed E-state index contributed by atoms with van der Waals surface area (Å²) in [6, 6.07) is 6.26. The van der Waals surface area contributed by atoms with Crippen molar-refractivity contribution in [1.82, 2.24) is 20.2 Å². The van der Waals surface area contributed by atoms with E-state index in [1.165, 1.54) is 19.3 Å². The molecule has 3 aromatic rings. The zero-order valence-corrected chi connectivity index (χ0v) is 20.6. The second-order valence-electron chi connectivity index (χ2n) is 8.97. The lowest BCUT2D eigenvalue weighted by atomic mass is 9.97. The summed E-state index contributed by atoms with van der Waals surface area (Å²) < 4.78 is 26.1. The molecule has 2 atom stereocenters. The van der Waals surface area contributed by atoms with Gasteiger partial charge in [-0.3, -0.25) is 14.6 Å². The van der Waals surface area contributed by atoms with Crippen LogP contribution in [0, 0.1) is 5.82 Å². The van der Waals surface area contributed by atoms with Crippen LogP contribution < -0.4 is 20.1 Å². The average Bonchev–Trinajstić information content (AvgIpc) is 3.23. The number of aromatic nitrogens is 2. The van der Waals surface area contributed by atoms with Gasteiger partial charge in [0.2, 0.25) is 5.91 Å². The van der Waals surface area contributed by atoms with Crippen molar-refractivity contribution in [3.8, 4) is 22.8 Å². The molecule has 3 N–H and O–H groups in total. The number of carbonyl (C=O) groups excluding carboxylic acids is 2. The van der Waals surface area contributed by atoms with Crippen LogP contribution >= 0.6 is 0 Å². The van der Waals surface area contributed by atoms with Crippen molar-refractivity contribution < 1.29 is 23.5 Å². The number of aromatic amines is 1. The van der Waals surface area contributed by atoms with Crippen LogP contribution in [0.1, 0.15) is 29.4 Å². The SMILES string of the molecule is C=CC(=O)N1CC[C@@H]1[C@@H](C)Oc1cnccc1-c1[nH]c2c(c1Nc1cccc(F)c1OC)C(=O)NCC2. The Balaban J connectivity index is 1.55. The highest BCUT2D eigenvalue weighted by atomic mass is 19.1. The molecule has 37 heavy (non-hydrogen) atoms. The molecule has 4 heterocycles. The van der Waals surface area contributed by atoms with E-state index in [1.54, 1.807) is 35.5 Å². The third-order valence-corrected chi connectivity index (χ3v) is 6.83. The molecule has 0 unspecified atom stereocenters. The molecule has 192 valence electrons. The van der Waals surface area contributed by atoms with E-state index in [2.05, 4.69) is 27.2 Å². The van der Waals surface area contributed by atoms with E-state index in [1.807, 2.05) is 6.92 Å². The predicted octanol–water partition coefficient (Wildman–Crippen LogP) is 3.81. The number of likely N-dealkylation sites (tertiary alicyclic amines) is 1. The minimum atomic E-state index is -0.524. The molecular formula is C27H28FN5O4. The van der Waals surface area contributed by atoms with Crippen LogP contribution in [0.25, 0.3) is 11.3 Å². The van der Waals surface area contributed by atoms with E-state index < -0.39 is 5.82 Å². The summed E-state index contributed by atoms with van der Waals surface area (Å²) >= 11 is 0. The van der Waals surface area contributed by atoms with Gasteiger partial charge in [-0.05, 0) is 37.6 Å². The molecule has 1 fully saturated rings. The lowest BCUT2D eigenvalue weighted by Crippen LogP contribution is -2.56. The molecular weight excluding hydrogens is 477 g/mol. The number of anilines is 2. The van der Waals surface area contributed by atoms with Gasteiger partial charge < -0.3 is 30.0 Å². The molecule has 0 spiro atoms. The fourth-order valence-electron chi connectivity index (χ4n) is 4.90. The number of hydrogen-bond donors (Lipinski definition) is 3. The Morgan fingerprint density at radius 2 is 2.22 bits per heavy atom. The number of carbonyl (C=O) groups is 2. The molecule has 0 bridgehead atoms. The maximum atomic E-state index is 14.4. The molecule has 2 aromatic heterocycles. The molecule has 2 amide bonds. The zero-order valence-electron chi connectivity index (χ0n) is 20.6. The summed E-state index contributed by atoms with van der Waals surface area (Å²) in [5, 5.41) is 6.10. The van der Waals surface area contributed by atoms with Gasteiger partial charge in [0.05, 0.1) is 42.0 Å². The van der Waals surface area contributed by atoms with Crippen molar-refractivity contribution in [2.45, 2.75) is 31.9 Å². The summed E-state index contributed by atoms with van der Waals surface area (Å²) in [7, 11) is 1.39. The van der Waals surface area contributed by atoms with Gasteiger partial charge in [-0.2, -0.15) is 0 Å². The van der Waals surface area contributed by atoms with E-state index in [9.17, 15) is 14.0 Å². The normalized spacial score (nSPS) is 17.2. The van der Waals surface area contributed by atoms with Gasteiger partial charge in [0, 0.05) is 37.0 Å². The van der Waals surface area contributed by atoms with Crippen LogP contribution in [-0.4, -0.2) is 59.0 Å². The van der Waals surface area contributed by atoms with Crippen LogP contribution in [0.15, 0.2) is 49.3 Å². The number of nitrogens with zero attached hydrogens (tertiary/aromatic N) is 2. The Morgan fingerprint density at radius 1 is 1.38 bits per heavy atom. The van der Waals surface area contributed by atoms with Gasteiger partial charge in [-0.1, -0.05) is 12.6 Å². The fourth-order valence-corrected chi connectivity index (χ4v) is 4.90. The summed E-state index contributed by atoms with van der Waals surface area (Å²) in [5.41, 5.74) is 3.33. The van der Waals surface area contributed by atoms with Crippen LogP contribution in [0.5, 0.6) is 11.5 Å². The monoisotopic (exact) mass is 505 g/mol. The summed E-state index contributed by atoms with van der Waals surface area (Å²) in [6.45, 7) is 6.65. The largest absolute Gasteiger partial charge is 0.492 e. The number of pyridine rings is 1. The van der Waals surface area contributed by atoms with Gasteiger partial charge in [0.1, 0.15) is 11.9 Å². The molecule has 0 aliphatic carbocycles. The first kappa shape index (κ1) is 24.4. The Hall–Kier alpha value is -4.34. The molecule has 5 rings (SSSR count). The topological polar surface area (TPSA) is 109 Å². The number of hydrogen-bond acceptors (Lipinski definition) is 6. The Labute approximate surface area is 213 Å². The standard InChI is InChI=1S/C27H28FN5O4/c1-4-22(34)33-13-10-20(33)15(2)37-21-14-29-11-8-16(21)24-25(23-18(31-24)9-12-30-27(23)35)32-19-7-5-6-17(28)26(19)36-3/h4-8,11,14-15,20,31-32H,1,9-10,12-13H2,2-3H3,(H,30,35)/t15-,20-/m1/s1. The summed E-state index contributed by atoms with van der Waals surface area (Å²) in [5.74, 6) is -0.363. The lowest BCUT2D eigenvalue weighted by Gasteiger charge is -2.43. The number of nitrogens with one attached hydrogen (secondary N) is 3. The third kappa shape index (κ3) is 4.39. The van der Waals surface area contributed by atoms with Gasteiger partial charge in [-0.15, -0.1) is 0 Å². The molecule has 0 saturated carbocycles. The van der Waals surface area contributed by atoms with E-state index in [0.717, 1.165) is 12.1 Å². The maximum Gasteiger partial charge on any atom is 0.255 e. The van der Waals surface area contributed by atoms with E-state index >= 15 is 0 Å². The Bertz CT molecular complexity index is 1370. The van der Waals surface area contributed by atoms with Gasteiger partial charge in [0.15, 0.2) is 11.6 Å². The quantitative estimate of drug-likeness (QED) is 0.402. The van der Waals surface area contributed by atoms with Gasteiger partial charge >= 0.3 is 0 Å². The number of halogens is 1. The molecule has 2 aliphatic heterocycles. The Morgan fingerprint density at radius 3 is 2.95 bits per heavy atom. The lowest BCUT2D eigenvalue weighted by molar-refractivity contribution is -0.136. The number of para-hydroxylation sites is 1. The number of benzene rings is 1. The number of methoxy groups -OCH3 is 1. The molecule has 10 heteroatoms. The first-order valence-corrected chi connectivity index (χ1v) is 12.1. The first-order valence-electron chi connectivity index (χ1n) is 12.1. The number of amides is 2. The van der Waals surface area contributed by atoms with Crippen LogP contribution in [0.2, 0.25) is 0 Å². The van der Waals surface area contributed by atoms with E-state index in [-0.39, 0.29) is 29.7 Å². The van der Waals surface area contributed by atoms with Crippen molar-refractivity contribution in [3.05, 3.63) is 66.4 Å².